The van der Waals surface area contributed by atoms with Crippen molar-refractivity contribution in [2.45, 2.75) is 49.5 Å². The molecule has 1 aliphatic carbocycles. The quantitative estimate of drug-likeness (QED) is 0.709. The van der Waals surface area contributed by atoms with E-state index in [1.807, 2.05) is 18.2 Å². The van der Waals surface area contributed by atoms with Crippen LogP contribution in [0.5, 0.6) is 0 Å². The summed E-state index contributed by atoms with van der Waals surface area (Å²) >= 11 is 6.23. The first-order chi connectivity index (χ1) is 13.7. The molecule has 1 aliphatic rings. The molecule has 0 radical (unpaired) electrons. The lowest BCUT2D eigenvalue weighted by Crippen LogP contribution is -2.45. The number of carbonyl (C=O) groups is 1. The molecule has 7 heteroatoms. The SMILES string of the molecule is CC(C)N(C)S(=O)(=O)c1ccc(Cl)c(C(=O)NCC2(c3ccccc3)CCC2)c1. The molecule has 0 atom stereocenters. The van der Waals surface area contributed by atoms with Gasteiger partial charge in [0.15, 0.2) is 0 Å². The molecule has 29 heavy (non-hydrogen) atoms. The van der Waals surface area contributed by atoms with Gasteiger partial charge >= 0.3 is 0 Å². The highest BCUT2D eigenvalue weighted by Gasteiger charge is 2.39. The summed E-state index contributed by atoms with van der Waals surface area (Å²) in [4.78, 5) is 12.9. The average molecular weight is 435 g/mol. The standard InChI is InChI=1S/C22H27ClN2O3S/c1-16(2)25(3)29(27,28)18-10-11-20(23)19(14-18)21(26)24-15-22(12-7-13-22)17-8-5-4-6-9-17/h4-6,8-11,14,16H,7,12-13,15H2,1-3H3,(H,24,26). The summed E-state index contributed by atoms with van der Waals surface area (Å²) in [5.74, 6) is -0.360. The van der Waals surface area contributed by atoms with Crippen LogP contribution in [-0.2, 0) is 15.4 Å². The van der Waals surface area contributed by atoms with Gasteiger partial charge in [-0.1, -0.05) is 48.4 Å². The summed E-state index contributed by atoms with van der Waals surface area (Å²) in [7, 11) is -2.17. The Balaban J connectivity index is 1.81. The Morgan fingerprint density at radius 3 is 2.38 bits per heavy atom. The van der Waals surface area contributed by atoms with E-state index in [-0.39, 0.29) is 32.8 Å². The molecular formula is C22H27ClN2O3S. The van der Waals surface area contributed by atoms with Crippen LogP contribution in [-0.4, -0.2) is 38.3 Å². The molecule has 0 aromatic heterocycles. The van der Waals surface area contributed by atoms with Crippen LogP contribution in [0.15, 0.2) is 53.4 Å². The van der Waals surface area contributed by atoms with Gasteiger partial charge in [0.1, 0.15) is 0 Å². The van der Waals surface area contributed by atoms with Crippen LogP contribution < -0.4 is 5.32 Å². The highest BCUT2D eigenvalue weighted by atomic mass is 35.5. The summed E-state index contributed by atoms with van der Waals surface area (Å²) in [6, 6.07) is 14.2. The zero-order valence-electron chi connectivity index (χ0n) is 17.0. The Morgan fingerprint density at radius 2 is 1.83 bits per heavy atom. The van der Waals surface area contributed by atoms with Crippen LogP contribution in [0.25, 0.3) is 0 Å². The summed E-state index contributed by atoms with van der Waals surface area (Å²) in [5.41, 5.74) is 1.32. The molecule has 1 amide bonds. The van der Waals surface area contributed by atoms with Crippen molar-refractivity contribution in [3.63, 3.8) is 0 Å². The van der Waals surface area contributed by atoms with Crippen molar-refractivity contribution >= 4 is 27.5 Å². The van der Waals surface area contributed by atoms with Crippen molar-refractivity contribution in [1.29, 1.82) is 0 Å². The summed E-state index contributed by atoms with van der Waals surface area (Å²) < 4.78 is 26.8. The van der Waals surface area contributed by atoms with Crippen LogP contribution in [0.3, 0.4) is 0 Å². The lowest BCUT2D eigenvalue weighted by Gasteiger charge is -2.42. The number of sulfonamides is 1. The first-order valence-electron chi connectivity index (χ1n) is 9.79. The number of amides is 1. The predicted molar refractivity (Wildman–Crippen MR) is 116 cm³/mol. The number of carbonyl (C=O) groups excluding carboxylic acids is 1. The van der Waals surface area contributed by atoms with Gasteiger partial charge in [-0.15, -0.1) is 0 Å². The second kappa shape index (κ2) is 8.46. The number of nitrogens with one attached hydrogen (secondary N) is 1. The third-order valence-corrected chi connectivity index (χ3v) is 8.23. The molecule has 0 aliphatic heterocycles. The highest BCUT2D eigenvalue weighted by molar-refractivity contribution is 7.89. The second-order valence-corrected chi connectivity index (χ2v) is 10.3. The van der Waals surface area contributed by atoms with E-state index < -0.39 is 10.0 Å². The van der Waals surface area contributed by atoms with Crippen molar-refractivity contribution in [3.8, 4) is 0 Å². The topological polar surface area (TPSA) is 66.5 Å². The smallest absolute Gasteiger partial charge is 0.252 e. The molecule has 3 rings (SSSR count). The maximum Gasteiger partial charge on any atom is 0.252 e. The van der Waals surface area contributed by atoms with Crippen LogP contribution in [0, 0.1) is 0 Å². The van der Waals surface area contributed by atoms with E-state index in [9.17, 15) is 13.2 Å². The highest BCUT2D eigenvalue weighted by Crippen LogP contribution is 2.43. The third kappa shape index (κ3) is 4.34. The van der Waals surface area contributed by atoms with Crippen molar-refractivity contribution in [3.05, 3.63) is 64.7 Å². The average Bonchev–Trinajstić information content (AvgIpc) is 2.67. The molecule has 0 heterocycles. The van der Waals surface area contributed by atoms with E-state index in [1.54, 1.807) is 13.8 Å². The van der Waals surface area contributed by atoms with E-state index in [4.69, 9.17) is 11.6 Å². The van der Waals surface area contributed by atoms with Gasteiger partial charge in [-0.2, -0.15) is 4.31 Å². The minimum atomic E-state index is -3.70. The van der Waals surface area contributed by atoms with Gasteiger partial charge in [0.2, 0.25) is 10.0 Å². The van der Waals surface area contributed by atoms with E-state index >= 15 is 0 Å². The molecule has 1 N–H and O–H groups in total. The molecule has 0 spiro atoms. The second-order valence-electron chi connectivity index (χ2n) is 7.94. The predicted octanol–water partition coefficient (Wildman–Crippen LogP) is 4.22. The first-order valence-corrected chi connectivity index (χ1v) is 11.6. The Bertz CT molecular complexity index is 986. The van der Waals surface area contributed by atoms with E-state index in [2.05, 4.69) is 17.4 Å². The lowest BCUT2D eigenvalue weighted by atomic mass is 9.64. The van der Waals surface area contributed by atoms with Crippen LogP contribution in [0.4, 0.5) is 0 Å². The van der Waals surface area contributed by atoms with Gasteiger partial charge in [0.25, 0.3) is 5.91 Å². The molecule has 1 saturated carbocycles. The fourth-order valence-corrected chi connectivity index (χ4v) is 5.19. The molecule has 2 aromatic rings. The number of benzene rings is 2. The minimum Gasteiger partial charge on any atom is -0.351 e. The summed E-state index contributed by atoms with van der Waals surface area (Å²) in [5, 5.41) is 3.21. The van der Waals surface area contributed by atoms with Crippen molar-refractivity contribution in [2.24, 2.45) is 0 Å². The van der Waals surface area contributed by atoms with Gasteiger partial charge in [-0.25, -0.2) is 8.42 Å². The number of hydrogen-bond donors (Lipinski definition) is 1. The normalized spacial score (nSPS) is 15.9. The van der Waals surface area contributed by atoms with Gasteiger partial charge in [0, 0.05) is 25.0 Å². The lowest BCUT2D eigenvalue weighted by molar-refractivity contribution is 0.0928. The Hall–Kier alpha value is -1.89. The number of hydrogen-bond acceptors (Lipinski definition) is 3. The van der Waals surface area contributed by atoms with Gasteiger partial charge < -0.3 is 5.32 Å². The van der Waals surface area contributed by atoms with Crippen LogP contribution >= 0.6 is 11.6 Å². The summed E-state index contributed by atoms with van der Waals surface area (Å²) in [6.07, 6.45) is 3.15. The Kier molecular flexibility index (Phi) is 6.36. The zero-order chi connectivity index (χ0) is 21.2. The van der Waals surface area contributed by atoms with Crippen LogP contribution in [0.2, 0.25) is 5.02 Å². The number of rotatable bonds is 7. The monoisotopic (exact) mass is 434 g/mol. The van der Waals surface area contributed by atoms with Gasteiger partial charge in [0.05, 0.1) is 15.5 Å². The Labute approximate surface area is 178 Å². The van der Waals surface area contributed by atoms with Crippen molar-refractivity contribution < 1.29 is 13.2 Å². The first kappa shape index (κ1) is 21.8. The molecule has 0 saturated heterocycles. The molecule has 156 valence electrons. The number of nitrogens with zero attached hydrogens (tertiary/aromatic N) is 1. The minimum absolute atomic E-state index is 0.0599. The molecule has 2 aromatic carbocycles. The number of halogens is 1. The van der Waals surface area contributed by atoms with E-state index in [0.717, 1.165) is 19.3 Å². The zero-order valence-corrected chi connectivity index (χ0v) is 18.6. The summed E-state index contributed by atoms with van der Waals surface area (Å²) in [6.45, 7) is 4.08. The molecule has 0 bridgehead atoms. The maximum absolute atomic E-state index is 12.9. The van der Waals surface area contributed by atoms with Gasteiger partial charge in [-0.3, -0.25) is 4.79 Å². The molecule has 0 unspecified atom stereocenters. The molecule has 5 nitrogen and oxygen atoms in total. The fourth-order valence-electron chi connectivity index (χ4n) is 3.59. The van der Waals surface area contributed by atoms with Crippen molar-refractivity contribution in [2.75, 3.05) is 13.6 Å². The maximum atomic E-state index is 12.9. The largest absolute Gasteiger partial charge is 0.351 e. The van der Waals surface area contributed by atoms with E-state index in [1.165, 1.54) is 35.1 Å². The van der Waals surface area contributed by atoms with Crippen molar-refractivity contribution in [1.82, 2.24) is 9.62 Å². The molecular weight excluding hydrogens is 408 g/mol. The van der Waals surface area contributed by atoms with E-state index in [0.29, 0.717) is 6.54 Å². The fraction of sp³-hybridized carbons (Fsp3) is 0.409. The van der Waals surface area contributed by atoms with Crippen LogP contribution in [0.1, 0.15) is 49.0 Å². The van der Waals surface area contributed by atoms with Gasteiger partial charge in [-0.05, 0) is 50.5 Å². The third-order valence-electron chi connectivity index (χ3n) is 5.87. The Morgan fingerprint density at radius 1 is 1.17 bits per heavy atom. The molecule has 1 fully saturated rings.